The van der Waals surface area contributed by atoms with E-state index < -0.39 is 0 Å². The Kier molecular flexibility index (Phi) is 2.75. The molecule has 1 saturated heterocycles. The minimum Gasteiger partial charge on any atom is -0.350 e. The number of nitrogens with zero attached hydrogens (tertiary/aromatic N) is 4. The van der Waals surface area contributed by atoms with Crippen molar-refractivity contribution < 1.29 is 0 Å². The Balaban J connectivity index is 1.99. The molecule has 18 heavy (non-hydrogen) atoms. The van der Waals surface area contributed by atoms with E-state index in [0.29, 0.717) is 11.7 Å². The quantitative estimate of drug-likeness (QED) is 0.770. The minimum atomic E-state index is -0.296. The molecule has 0 aromatic carbocycles. The smallest absolute Gasteiger partial charge is 0.350 e. The Bertz CT molecular complexity index is 599. The molecule has 2 aromatic rings. The number of rotatable bonds is 4. The molecule has 0 atom stereocenters. The summed E-state index contributed by atoms with van der Waals surface area (Å²) in [5, 5.41) is 13.9. The summed E-state index contributed by atoms with van der Waals surface area (Å²) in [7, 11) is 0. The van der Waals surface area contributed by atoms with E-state index >= 15 is 0 Å². The fourth-order valence-electron chi connectivity index (χ4n) is 2.17. The second kappa shape index (κ2) is 4.41. The van der Waals surface area contributed by atoms with Crippen LogP contribution in [-0.4, -0.2) is 45.5 Å². The van der Waals surface area contributed by atoms with Crippen LogP contribution >= 0.6 is 0 Å². The predicted molar refractivity (Wildman–Crippen MR) is 67.9 cm³/mol. The first-order valence-electron chi connectivity index (χ1n) is 6.21. The Hall–Kier alpha value is -1.89. The van der Waals surface area contributed by atoms with Gasteiger partial charge in [0.05, 0.1) is 6.04 Å². The summed E-state index contributed by atoms with van der Waals surface area (Å²) in [6.07, 6.45) is 1.05. The molecular formula is C11H16N6O. The van der Waals surface area contributed by atoms with Crippen molar-refractivity contribution in [3.63, 3.8) is 0 Å². The van der Waals surface area contributed by atoms with Gasteiger partial charge in [-0.25, -0.2) is 9.89 Å². The van der Waals surface area contributed by atoms with Gasteiger partial charge in [0.15, 0.2) is 5.65 Å². The zero-order valence-corrected chi connectivity index (χ0v) is 10.3. The van der Waals surface area contributed by atoms with Gasteiger partial charge in [0, 0.05) is 19.6 Å². The number of hydrogen-bond donors (Lipinski definition) is 2. The van der Waals surface area contributed by atoms with Crippen LogP contribution in [0.2, 0.25) is 0 Å². The van der Waals surface area contributed by atoms with Gasteiger partial charge in [0.1, 0.15) is 5.82 Å². The van der Waals surface area contributed by atoms with Gasteiger partial charge in [-0.15, -0.1) is 5.10 Å². The van der Waals surface area contributed by atoms with Crippen LogP contribution in [0.3, 0.4) is 0 Å². The highest BCUT2D eigenvalue weighted by molar-refractivity contribution is 5.46. The van der Waals surface area contributed by atoms with Crippen LogP contribution in [0.1, 0.15) is 13.3 Å². The molecule has 2 aromatic heterocycles. The zero-order chi connectivity index (χ0) is 12.5. The molecule has 2 N–H and O–H groups in total. The van der Waals surface area contributed by atoms with Crippen molar-refractivity contribution in [3.8, 4) is 0 Å². The van der Waals surface area contributed by atoms with E-state index in [4.69, 9.17) is 0 Å². The maximum Gasteiger partial charge on any atom is 0.364 e. The van der Waals surface area contributed by atoms with E-state index in [1.54, 1.807) is 0 Å². The van der Waals surface area contributed by atoms with E-state index in [1.165, 1.54) is 4.52 Å². The average molecular weight is 248 g/mol. The van der Waals surface area contributed by atoms with Crippen molar-refractivity contribution in [2.24, 2.45) is 0 Å². The molecular weight excluding hydrogens is 232 g/mol. The molecule has 3 rings (SSSR count). The third-order valence-corrected chi connectivity index (χ3v) is 3.22. The van der Waals surface area contributed by atoms with Crippen molar-refractivity contribution in [3.05, 3.63) is 22.6 Å². The van der Waals surface area contributed by atoms with Gasteiger partial charge in [-0.1, -0.05) is 6.92 Å². The van der Waals surface area contributed by atoms with Gasteiger partial charge >= 0.3 is 5.69 Å². The molecule has 3 heterocycles. The SMILES string of the molecule is CCCN(c1ccc2n[nH]c(=O)n2n1)C1CNC1. The fourth-order valence-corrected chi connectivity index (χ4v) is 2.17. The Morgan fingerprint density at radius 2 is 2.33 bits per heavy atom. The average Bonchev–Trinajstić information content (AvgIpc) is 2.68. The topological polar surface area (TPSA) is 78.3 Å². The van der Waals surface area contributed by atoms with Crippen LogP contribution in [0.25, 0.3) is 5.65 Å². The highest BCUT2D eigenvalue weighted by atomic mass is 16.2. The van der Waals surface area contributed by atoms with Crippen molar-refractivity contribution in [2.75, 3.05) is 24.5 Å². The van der Waals surface area contributed by atoms with Crippen LogP contribution in [-0.2, 0) is 0 Å². The molecule has 1 aliphatic heterocycles. The molecule has 96 valence electrons. The number of fused-ring (bicyclic) bond motifs is 1. The maximum absolute atomic E-state index is 11.5. The minimum absolute atomic E-state index is 0.296. The summed E-state index contributed by atoms with van der Waals surface area (Å²) in [6.45, 7) is 5.03. The van der Waals surface area contributed by atoms with Gasteiger partial charge in [-0.2, -0.15) is 9.61 Å². The summed E-state index contributed by atoms with van der Waals surface area (Å²) >= 11 is 0. The number of aromatic amines is 1. The summed E-state index contributed by atoms with van der Waals surface area (Å²) in [4.78, 5) is 13.8. The summed E-state index contributed by atoms with van der Waals surface area (Å²) in [6, 6.07) is 4.20. The first-order chi connectivity index (χ1) is 8.79. The fraction of sp³-hybridized carbons (Fsp3) is 0.545. The Morgan fingerprint density at radius 3 is 3.00 bits per heavy atom. The van der Waals surface area contributed by atoms with E-state index in [-0.39, 0.29) is 5.69 Å². The predicted octanol–water partition coefficient (Wildman–Crippen LogP) is -0.394. The molecule has 0 amide bonds. The lowest BCUT2D eigenvalue weighted by Crippen LogP contribution is -2.58. The molecule has 0 radical (unpaired) electrons. The normalized spacial score (nSPS) is 15.8. The van der Waals surface area contributed by atoms with Gasteiger partial charge in [-0.3, -0.25) is 0 Å². The third-order valence-electron chi connectivity index (χ3n) is 3.22. The van der Waals surface area contributed by atoms with Crippen LogP contribution in [0.4, 0.5) is 5.82 Å². The first-order valence-corrected chi connectivity index (χ1v) is 6.21. The van der Waals surface area contributed by atoms with Crippen LogP contribution < -0.4 is 15.9 Å². The number of hydrogen-bond acceptors (Lipinski definition) is 5. The van der Waals surface area contributed by atoms with Gasteiger partial charge in [0.25, 0.3) is 0 Å². The van der Waals surface area contributed by atoms with Gasteiger partial charge < -0.3 is 10.2 Å². The lowest BCUT2D eigenvalue weighted by molar-refractivity contribution is 0.409. The van der Waals surface area contributed by atoms with Gasteiger partial charge in [0.2, 0.25) is 0 Å². The second-order valence-corrected chi connectivity index (χ2v) is 4.50. The number of nitrogens with one attached hydrogen (secondary N) is 2. The summed E-state index contributed by atoms with van der Waals surface area (Å²) in [5.74, 6) is 0.833. The maximum atomic E-state index is 11.5. The lowest BCUT2D eigenvalue weighted by Gasteiger charge is -2.38. The molecule has 0 saturated carbocycles. The molecule has 0 unspecified atom stereocenters. The zero-order valence-electron chi connectivity index (χ0n) is 10.3. The third kappa shape index (κ3) is 1.76. The standard InChI is InChI=1S/C11H16N6O/c1-2-5-16(8-6-12-7-8)10-4-3-9-13-14-11(18)17(9)15-10/h3-4,8,12H,2,5-7H2,1H3,(H,14,18). The number of anilines is 1. The largest absolute Gasteiger partial charge is 0.364 e. The Labute approximate surface area is 104 Å². The van der Waals surface area contributed by atoms with E-state index in [9.17, 15) is 4.79 Å². The number of aromatic nitrogens is 4. The second-order valence-electron chi connectivity index (χ2n) is 4.50. The molecule has 0 aliphatic carbocycles. The van der Waals surface area contributed by atoms with E-state index in [2.05, 4.69) is 32.4 Å². The Morgan fingerprint density at radius 1 is 1.50 bits per heavy atom. The van der Waals surface area contributed by atoms with Crippen LogP contribution in [0.5, 0.6) is 0 Å². The molecule has 0 spiro atoms. The highest BCUT2D eigenvalue weighted by Gasteiger charge is 2.25. The molecule has 1 fully saturated rings. The lowest BCUT2D eigenvalue weighted by atomic mass is 10.1. The van der Waals surface area contributed by atoms with Crippen LogP contribution in [0, 0.1) is 0 Å². The highest BCUT2D eigenvalue weighted by Crippen LogP contribution is 2.16. The van der Waals surface area contributed by atoms with Gasteiger partial charge in [-0.05, 0) is 18.6 Å². The van der Waals surface area contributed by atoms with E-state index in [1.807, 2.05) is 12.1 Å². The first kappa shape index (κ1) is 11.2. The molecule has 7 heteroatoms. The van der Waals surface area contributed by atoms with E-state index in [0.717, 1.165) is 31.9 Å². The van der Waals surface area contributed by atoms with Crippen molar-refractivity contribution in [2.45, 2.75) is 19.4 Å². The molecule has 7 nitrogen and oxygen atoms in total. The van der Waals surface area contributed by atoms with Crippen molar-refractivity contribution in [1.82, 2.24) is 25.1 Å². The van der Waals surface area contributed by atoms with Crippen LogP contribution in [0.15, 0.2) is 16.9 Å². The molecule has 0 bridgehead atoms. The summed E-state index contributed by atoms with van der Waals surface area (Å²) in [5.41, 5.74) is 0.252. The van der Waals surface area contributed by atoms with Crippen molar-refractivity contribution in [1.29, 1.82) is 0 Å². The molecule has 1 aliphatic rings. The van der Waals surface area contributed by atoms with Crippen molar-refractivity contribution >= 4 is 11.5 Å². The summed E-state index contributed by atoms with van der Waals surface area (Å²) < 4.78 is 1.31. The monoisotopic (exact) mass is 248 g/mol. The number of H-pyrrole nitrogens is 1.